The first-order valence-corrected chi connectivity index (χ1v) is 4.65. The lowest BCUT2D eigenvalue weighted by Crippen LogP contribution is -2.22. The van der Waals surface area contributed by atoms with Gasteiger partial charge < -0.3 is 9.84 Å². The third-order valence-corrected chi connectivity index (χ3v) is 2.63. The zero-order valence-corrected chi connectivity index (χ0v) is 8.40. The van der Waals surface area contributed by atoms with Crippen molar-refractivity contribution in [3.63, 3.8) is 0 Å². The highest BCUT2D eigenvalue weighted by Crippen LogP contribution is 2.32. The molecule has 0 aliphatic heterocycles. The minimum absolute atomic E-state index is 0.305. The van der Waals surface area contributed by atoms with Crippen molar-refractivity contribution in [1.82, 2.24) is 4.98 Å². The summed E-state index contributed by atoms with van der Waals surface area (Å²) in [4.78, 5) is 3.94. The van der Waals surface area contributed by atoms with Gasteiger partial charge >= 0.3 is 0 Å². The number of aliphatic hydroxyl groups is 1. The fraction of sp³-hybridized carbons (Fsp3) is 0.300. The van der Waals surface area contributed by atoms with Crippen LogP contribution in [-0.2, 0) is 4.74 Å². The summed E-state index contributed by atoms with van der Waals surface area (Å²) in [5, 5.41) is 10.3. The largest absolute Gasteiger partial charge is 0.385 e. The average molecular weight is 212 g/mol. The zero-order chi connectivity index (χ0) is 10.1. The smallest absolute Gasteiger partial charge is 0.136 e. The summed E-state index contributed by atoms with van der Waals surface area (Å²) in [5.74, 6) is 0. The van der Waals surface area contributed by atoms with Crippen LogP contribution >= 0.6 is 11.6 Å². The van der Waals surface area contributed by atoms with Gasteiger partial charge in [-0.05, 0) is 11.6 Å². The molecule has 2 atom stereocenters. The fourth-order valence-corrected chi connectivity index (χ4v) is 1.79. The van der Waals surface area contributed by atoms with E-state index >= 15 is 0 Å². The van der Waals surface area contributed by atoms with Crippen LogP contribution in [0.5, 0.6) is 0 Å². The predicted molar refractivity (Wildman–Crippen MR) is 54.0 cm³/mol. The van der Waals surface area contributed by atoms with Crippen molar-refractivity contribution in [3.05, 3.63) is 34.6 Å². The molecular formula is C10H10ClNO2. The van der Waals surface area contributed by atoms with Gasteiger partial charge in [0.1, 0.15) is 17.4 Å². The van der Waals surface area contributed by atoms with Crippen molar-refractivity contribution >= 4 is 17.7 Å². The van der Waals surface area contributed by atoms with Crippen LogP contribution in [0.4, 0.5) is 0 Å². The molecule has 1 aliphatic rings. The Balaban J connectivity index is 2.49. The average Bonchev–Trinajstić information content (AvgIpc) is 2.20. The van der Waals surface area contributed by atoms with Crippen molar-refractivity contribution in [1.29, 1.82) is 0 Å². The molecule has 0 bridgehead atoms. The minimum atomic E-state index is -0.666. The molecular weight excluding hydrogens is 202 g/mol. The molecule has 2 rings (SSSR count). The summed E-state index contributed by atoms with van der Waals surface area (Å²) in [5.41, 5.74) is 1.54. The molecule has 0 saturated heterocycles. The molecule has 0 saturated carbocycles. The van der Waals surface area contributed by atoms with E-state index in [1.807, 2.05) is 6.08 Å². The van der Waals surface area contributed by atoms with Gasteiger partial charge in [-0.15, -0.1) is 0 Å². The molecule has 0 spiro atoms. The van der Waals surface area contributed by atoms with Gasteiger partial charge in [-0.25, -0.2) is 4.98 Å². The van der Waals surface area contributed by atoms with Crippen LogP contribution in [0.25, 0.3) is 6.08 Å². The predicted octanol–water partition coefficient (Wildman–Crippen LogP) is 1.81. The first-order chi connectivity index (χ1) is 6.74. The van der Waals surface area contributed by atoms with Crippen LogP contribution < -0.4 is 0 Å². The van der Waals surface area contributed by atoms with Gasteiger partial charge in [0.25, 0.3) is 0 Å². The van der Waals surface area contributed by atoms with E-state index in [1.165, 1.54) is 0 Å². The first-order valence-electron chi connectivity index (χ1n) is 4.27. The number of fused-ring (bicyclic) bond motifs is 1. The molecule has 1 aromatic rings. The standard InChI is InChI=1S/C10H10ClNO2/c1-14-8-3-2-7-6(9(8)13)4-5-12-10(7)11/h2-5,8-9,13H,1H3/t8-,9-/m0/s1. The molecule has 1 aromatic heterocycles. The van der Waals surface area contributed by atoms with E-state index in [-0.39, 0.29) is 6.10 Å². The summed E-state index contributed by atoms with van der Waals surface area (Å²) in [7, 11) is 1.56. The molecule has 3 nitrogen and oxygen atoms in total. The highest BCUT2D eigenvalue weighted by atomic mass is 35.5. The SMILES string of the molecule is CO[C@H]1C=Cc2c(ccnc2Cl)[C@@H]1O. The molecule has 0 unspecified atom stereocenters. The second-order valence-electron chi connectivity index (χ2n) is 3.11. The van der Waals surface area contributed by atoms with E-state index in [0.717, 1.165) is 11.1 Å². The lowest BCUT2D eigenvalue weighted by molar-refractivity contribution is 0.0149. The summed E-state index contributed by atoms with van der Waals surface area (Å²) >= 11 is 5.88. The molecule has 14 heavy (non-hydrogen) atoms. The van der Waals surface area contributed by atoms with Gasteiger partial charge in [-0.3, -0.25) is 0 Å². The van der Waals surface area contributed by atoms with Crippen molar-refractivity contribution in [2.24, 2.45) is 0 Å². The number of rotatable bonds is 1. The first kappa shape index (κ1) is 9.65. The van der Waals surface area contributed by atoms with Crippen molar-refractivity contribution in [2.45, 2.75) is 12.2 Å². The number of methoxy groups -OCH3 is 1. The molecule has 4 heteroatoms. The second-order valence-corrected chi connectivity index (χ2v) is 3.47. The molecule has 0 radical (unpaired) electrons. The van der Waals surface area contributed by atoms with E-state index in [4.69, 9.17) is 16.3 Å². The summed E-state index contributed by atoms with van der Waals surface area (Å²) in [6, 6.07) is 1.75. The Morgan fingerprint density at radius 2 is 2.36 bits per heavy atom. The summed E-state index contributed by atoms with van der Waals surface area (Å²) in [6.07, 6.45) is 4.21. The van der Waals surface area contributed by atoms with Crippen LogP contribution in [0, 0.1) is 0 Å². The van der Waals surface area contributed by atoms with Gasteiger partial charge in [0.15, 0.2) is 0 Å². The Bertz CT molecular complexity index is 378. The maximum absolute atomic E-state index is 9.88. The Labute approximate surface area is 87.0 Å². The van der Waals surface area contributed by atoms with E-state index in [0.29, 0.717) is 5.15 Å². The highest BCUT2D eigenvalue weighted by molar-refractivity contribution is 6.31. The number of hydrogen-bond donors (Lipinski definition) is 1. The number of aromatic nitrogens is 1. The Morgan fingerprint density at radius 3 is 3.07 bits per heavy atom. The van der Waals surface area contributed by atoms with Gasteiger partial charge in [0, 0.05) is 18.9 Å². The highest BCUT2D eigenvalue weighted by Gasteiger charge is 2.25. The number of hydrogen-bond acceptors (Lipinski definition) is 3. The zero-order valence-electron chi connectivity index (χ0n) is 7.64. The molecule has 0 fully saturated rings. The second kappa shape index (κ2) is 3.69. The van der Waals surface area contributed by atoms with Gasteiger partial charge in [0.05, 0.1) is 0 Å². The monoisotopic (exact) mass is 211 g/mol. The quantitative estimate of drug-likeness (QED) is 0.721. The summed E-state index contributed by atoms with van der Waals surface area (Å²) in [6.45, 7) is 0. The van der Waals surface area contributed by atoms with Gasteiger partial charge in [-0.1, -0.05) is 23.8 Å². The fourth-order valence-electron chi connectivity index (χ4n) is 1.57. The molecule has 74 valence electrons. The Morgan fingerprint density at radius 1 is 1.57 bits per heavy atom. The van der Waals surface area contributed by atoms with Crippen LogP contribution in [0.2, 0.25) is 5.15 Å². The van der Waals surface area contributed by atoms with E-state index in [9.17, 15) is 5.11 Å². The van der Waals surface area contributed by atoms with E-state index < -0.39 is 6.10 Å². The number of pyridine rings is 1. The van der Waals surface area contributed by atoms with Crippen molar-refractivity contribution < 1.29 is 9.84 Å². The van der Waals surface area contributed by atoms with Crippen LogP contribution in [0.15, 0.2) is 18.3 Å². The molecule has 1 N–H and O–H groups in total. The maximum Gasteiger partial charge on any atom is 0.136 e. The van der Waals surface area contributed by atoms with Crippen molar-refractivity contribution in [3.8, 4) is 0 Å². The molecule has 0 amide bonds. The third-order valence-electron chi connectivity index (χ3n) is 2.33. The third kappa shape index (κ3) is 1.43. The number of nitrogens with zero attached hydrogens (tertiary/aromatic N) is 1. The topological polar surface area (TPSA) is 42.4 Å². The minimum Gasteiger partial charge on any atom is -0.385 e. The van der Waals surface area contributed by atoms with Gasteiger partial charge in [-0.2, -0.15) is 0 Å². The van der Waals surface area contributed by atoms with E-state index in [1.54, 1.807) is 25.4 Å². The van der Waals surface area contributed by atoms with Crippen LogP contribution in [0.1, 0.15) is 17.2 Å². The Hall–Kier alpha value is -0.900. The van der Waals surface area contributed by atoms with Gasteiger partial charge in [0.2, 0.25) is 0 Å². The lowest BCUT2D eigenvalue weighted by atomic mass is 9.95. The Kier molecular flexibility index (Phi) is 2.54. The maximum atomic E-state index is 9.88. The van der Waals surface area contributed by atoms with E-state index in [2.05, 4.69) is 4.98 Å². The molecule has 1 heterocycles. The number of halogens is 1. The number of aliphatic hydroxyl groups excluding tert-OH is 1. The molecule has 0 aromatic carbocycles. The lowest BCUT2D eigenvalue weighted by Gasteiger charge is -2.24. The molecule has 1 aliphatic carbocycles. The van der Waals surface area contributed by atoms with Crippen LogP contribution in [-0.4, -0.2) is 23.3 Å². The number of ether oxygens (including phenoxy) is 1. The van der Waals surface area contributed by atoms with Crippen LogP contribution in [0.3, 0.4) is 0 Å². The normalized spacial score (nSPS) is 24.8. The van der Waals surface area contributed by atoms with Crippen molar-refractivity contribution in [2.75, 3.05) is 7.11 Å². The summed E-state index contributed by atoms with van der Waals surface area (Å²) < 4.78 is 5.10.